The summed E-state index contributed by atoms with van der Waals surface area (Å²) in [4.78, 5) is 11.0. The van der Waals surface area contributed by atoms with Gasteiger partial charge in [0.1, 0.15) is 5.75 Å². The third kappa shape index (κ3) is 3.72. The van der Waals surface area contributed by atoms with Crippen LogP contribution in [-0.2, 0) is 0 Å². The zero-order valence-electron chi connectivity index (χ0n) is 11.0. The van der Waals surface area contributed by atoms with Crippen LogP contribution in [0, 0.1) is 0 Å². The molecular weight excluding hydrogens is 272 g/mol. The number of carbonyl (C=O) groups excluding carboxylic acids is 1. The molecule has 0 spiro atoms. The second kappa shape index (κ2) is 6.92. The number of hydrogen-bond acceptors (Lipinski definition) is 2. The average molecular weight is 287 g/mol. The molecule has 0 amide bonds. The second-order valence-corrected chi connectivity index (χ2v) is 4.64. The van der Waals surface area contributed by atoms with Gasteiger partial charge < -0.3 is 4.74 Å². The van der Waals surface area contributed by atoms with E-state index in [-0.39, 0.29) is 0 Å². The van der Waals surface area contributed by atoms with Crippen molar-refractivity contribution in [2.24, 2.45) is 0 Å². The van der Waals surface area contributed by atoms with E-state index in [4.69, 9.17) is 16.3 Å². The van der Waals surface area contributed by atoms with Crippen molar-refractivity contribution in [3.05, 3.63) is 66.7 Å². The SMILES string of the molecule is C=CCCOc1ccc(-c2ccc(C(=O)Cl)cc2)cc1. The Morgan fingerprint density at radius 2 is 1.60 bits per heavy atom. The van der Waals surface area contributed by atoms with Gasteiger partial charge in [0.25, 0.3) is 5.24 Å². The van der Waals surface area contributed by atoms with Crippen LogP contribution < -0.4 is 4.74 Å². The lowest BCUT2D eigenvalue weighted by molar-refractivity contribution is 0.108. The minimum absolute atomic E-state index is 0.442. The average Bonchev–Trinajstić information content (AvgIpc) is 2.48. The fourth-order valence-corrected chi connectivity index (χ4v) is 1.92. The quantitative estimate of drug-likeness (QED) is 0.437. The van der Waals surface area contributed by atoms with Crippen molar-refractivity contribution in [3.63, 3.8) is 0 Å². The summed E-state index contributed by atoms with van der Waals surface area (Å²) in [6, 6.07) is 15.0. The van der Waals surface area contributed by atoms with E-state index in [9.17, 15) is 4.79 Å². The second-order valence-electron chi connectivity index (χ2n) is 4.30. The topological polar surface area (TPSA) is 26.3 Å². The lowest BCUT2D eigenvalue weighted by Crippen LogP contribution is -1.95. The van der Waals surface area contributed by atoms with Crippen molar-refractivity contribution < 1.29 is 9.53 Å². The van der Waals surface area contributed by atoms with E-state index in [0.29, 0.717) is 12.2 Å². The minimum Gasteiger partial charge on any atom is -0.493 e. The van der Waals surface area contributed by atoms with Gasteiger partial charge in [0.15, 0.2) is 0 Å². The van der Waals surface area contributed by atoms with Crippen molar-refractivity contribution in [2.75, 3.05) is 6.61 Å². The van der Waals surface area contributed by atoms with Crippen molar-refractivity contribution in [2.45, 2.75) is 6.42 Å². The first kappa shape index (κ1) is 14.4. The maximum atomic E-state index is 11.0. The van der Waals surface area contributed by atoms with E-state index >= 15 is 0 Å². The zero-order chi connectivity index (χ0) is 14.4. The van der Waals surface area contributed by atoms with Crippen molar-refractivity contribution in [1.29, 1.82) is 0 Å². The fourth-order valence-electron chi connectivity index (χ4n) is 1.80. The summed E-state index contributed by atoms with van der Waals surface area (Å²) >= 11 is 5.42. The summed E-state index contributed by atoms with van der Waals surface area (Å²) in [5, 5.41) is -0.442. The molecule has 0 radical (unpaired) electrons. The molecule has 0 aliphatic carbocycles. The van der Waals surface area contributed by atoms with Crippen LogP contribution >= 0.6 is 11.6 Å². The van der Waals surface area contributed by atoms with Gasteiger partial charge in [0.2, 0.25) is 0 Å². The van der Waals surface area contributed by atoms with Gasteiger partial charge in [-0.1, -0.05) is 30.3 Å². The molecule has 0 bridgehead atoms. The smallest absolute Gasteiger partial charge is 0.252 e. The monoisotopic (exact) mass is 286 g/mol. The van der Waals surface area contributed by atoms with Crippen LogP contribution in [0.1, 0.15) is 16.8 Å². The molecule has 0 saturated carbocycles. The van der Waals surface area contributed by atoms with Gasteiger partial charge in [0, 0.05) is 5.56 Å². The molecule has 0 unspecified atom stereocenters. The van der Waals surface area contributed by atoms with Gasteiger partial charge in [-0.25, -0.2) is 0 Å². The number of hydrogen-bond donors (Lipinski definition) is 0. The Bertz CT molecular complexity index is 585. The summed E-state index contributed by atoms with van der Waals surface area (Å²) in [5.41, 5.74) is 2.60. The molecule has 2 aromatic carbocycles. The molecule has 102 valence electrons. The molecule has 20 heavy (non-hydrogen) atoms. The maximum Gasteiger partial charge on any atom is 0.252 e. The van der Waals surface area contributed by atoms with Crippen LogP contribution in [0.2, 0.25) is 0 Å². The normalized spacial score (nSPS) is 10.1. The third-order valence-electron chi connectivity index (χ3n) is 2.89. The van der Waals surface area contributed by atoms with Crippen LogP contribution in [0.5, 0.6) is 5.75 Å². The summed E-state index contributed by atoms with van der Waals surface area (Å²) in [5.74, 6) is 0.836. The molecule has 0 fully saturated rings. The fraction of sp³-hybridized carbons (Fsp3) is 0.118. The van der Waals surface area contributed by atoms with Crippen molar-refractivity contribution in [3.8, 4) is 16.9 Å². The van der Waals surface area contributed by atoms with Crippen molar-refractivity contribution >= 4 is 16.8 Å². The number of rotatable bonds is 6. The Labute approximate surface area is 123 Å². The Kier molecular flexibility index (Phi) is 4.97. The van der Waals surface area contributed by atoms with E-state index in [1.54, 1.807) is 12.1 Å². The molecule has 0 aromatic heterocycles. The highest BCUT2D eigenvalue weighted by atomic mass is 35.5. The van der Waals surface area contributed by atoms with Crippen LogP contribution in [0.4, 0.5) is 0 Å². The first-order valence-electron chi connectivity index (χ1n) is 6.35. The summed E-state index contributed by atoms with van der Waals surface area (Å²) in [6.45, 7) is 4.29. The molecule has 0 heterocycles. The molecule has 2 nitrogen and oxygen atoms in total. The predicted octanol–water partition coefficient (Wildman–Crippen LogP) is 4.69. The van der Waals surface area contributed by atoms with Gasteiger partial charge in [-0.3, -0.25) is 4.79 Å². The first-order chi connectivity index (χ1) is 9.70. The number of benzene rings is 2. The minimum atomic E-state index is -0.442. The van der Waals surface area contributed by atoms with Crippen LogP contribution in [0.25, 0.3) is 11.1 Å². The molecule has 3 heteroatoms. The molecule has 0 saturated heterocycles. The highest BCUT2D eigenvalue weighted by Crippen LogP contribution is 2.23. The number of carbonyl (C=O) groups is 1. The Morgan fingerprint density at radius 3 is 2.10 bits per heavy atom. The van der Waals surface area contributed by atoms with Crippen molar-refractivity contribution in [1.82, 2.24) is 0 Å². The molecular formula is C17H15ClO2. The van der Waals surface area contributed by atoms with E-state index in [0.717, 1.165) is 23.3 Å². The zero-order valence-corrected chi connectivity index (χ0v) is 11.8. The Balaban J connectivity index is 2.09. The lowest BCUT2D eigenvalue weighted by Gasteiger charge is -2.06. The first-order valence-corrected chi connectivity index (χ1v) is 6.72. The summed E-state index contributed by atoms with van der Waals surface area (Å²) < 4.78 is 5.55. The number of ether oxygens (including phenoxy) is 1. The summed E-state index contributed by atoms with van der Waals surface area (Å²) in [6.07, 6.45) is 2.66. The summed E-state index contributed by atoms with van der Waals surface area (Å²) in [7, 11) is 0. The molecule has 0 aliphatic heterocycles. The predicted molar refractivity (Wildman–Crippen MR) is 82.4 cm³/mol. The molecule has 2 rings (SSSR count). The van der Waals surface area contributed by atoms with E-state index < -0.39 is 5.24 Å². The maximum absolute atomic E-state index is 11.0. The third-order valence-corrected chi connectivity index (χ3v) is 3.11. The van der Waals surface area contributed by atoms with Crippen LogP contribution in [0.3, 0.4) is 0 Å². The molecule has 0 N–H and O–H groups in total. The highest BCUT2D eigenvalue weighted by molar-refractivity contribution is 6.67. The van der Waals surface area contributed by atoms with Gasteiger partial charge in [-0.15, -0.1) is 6.58 Å². The van der Waals surface area contributed by atoms with E-state index in [2.05, 4.69) is 6.58 Å². The van der Waals surface area contributed by atoms with E-state index in [1.807, 2.05) is 42.5 Å². The largest absolute Gasteiger partial charge is 0.493 e. The highest BCUT2D eigenvalue weighted by Gasteiger charge is 2.03. The number of halogens is 1. The molecule has 2 aromatic rings. The molecule has 0 aliphatic rings. The Hall–Kier alpha value is -2.06. The molecule has 0 atom stereocenters. The van der Waals surface area contributed by atoms with Gasteiger partial charge in [0.05, 0.1) is 6.61 Å². The van der Waals surface area contributed by atoms with Crippen LogP contribution in [-0.4, -0.2) is 11.8 Å². The standard InChI is InChI=1S/C17H15ClO2/c1-2-3-12-20-16-10-8-14(9-11-16)13-4-6-15(7-5-13)17(18)19/h2,4-11H,1,3,12H2. The van der Waals surface area contributed by atoms with E-state index in [1.165, 1.54) is 0 Å². The van der Waals surface area contributed by atoms with Crippen LogP contribution in [0.15, 0.2) is 61.2 Å². The Morgan fingerprint density at radius 1 is 1.05 bits per heavy atom. The van der Waals surface area contributed by atoms with Gasteiger partial charge in [-0.05, 0) is 53.4 Å². The van der Waals surface area contributed by atoms with Gasteiger partial charge in [-0.2, -0.15) is 0 Å². The van der Waals surface area contributed by atoms with Gasteiger partial charge >= 0.3 is 0 Å². The lowest BCUT2D eigenvalue weighted by atomic mass is 10.0.